The van der Waals surface area contributed by atoms with Crippen LogP contribution in [-0.2, 0) is 4.74 Å². The lowest BCUT2D eigenvalue weighted by molar-refractivity contribution is 0.190. The van der Waals surface area contributed by atoms with Crippen molar-refractivity contribution in [2.24, 2.45) is 5.73 Å². The van der Waals surface area contributed by atoms with Gasteiger partial charge in [-0.05, 0) is 12.8 Å². The van der Waals surface area contributed by atoms with Gasteiger partial charge in [0.25, 0.3) is 0 Å². The first-order valence-electron chi connectivity index (χ1n) is 4.95. The van der Waals surface area contributed by atoms with Crippen LogP contribution in [0.5, 0.6) is 0 Å². The Morgan fingerprint density at radius 1 is 1.25 bits per heavy atom. The number of benzene rings is 1. The minimum atomic E-state index is -0.942. The molecule has 0 spiro atoms. The van der Waals surface area contributed by atoms with Gasteiger partial charge in [0.1, 0.15) is 17.5 Å². The van der Waals surface area contributed by atoms with Crippen molar-refractivity contribution in [1.82, 2.24) is 0 Å². The van der Waals surface area contributed by atoms with Gasteiger partial charge >= 0.3 is 0 Å². The van der Waals surface area contributed by atoms with E-state index in [4.69, 9.17) is 10.5 Å². The van der Waals surface area contributed by atoms with Gasteiger partial charge in [0.05, 0.1) is 0 Å². The number of hydrogen-bond donors (Lipinski definition) is 1. The fraction of sp³-hybridized carbons (Fsp3) is 0.455. The fourth-order valence-corrected chi connectivity index (χ4v) is 1.50. The predicted octanol–water partition coefficient (Wildman–Crippen LogP) is 2.53. The van der Waals surface area contributed by atoms with Gasteiger partial charge in [-0.2, -0.15) is 0 Å². The Labute approximate surface area is 92.2 Å². The number of halogens is 3. The van der Waals surface area contributed by atoms with Gasteiger partial charge in [0.2, 0.25) is 0 Å². The first kappa shape index (κ1) is 13.0. The summed E-state index contributed by atoms with van der Waals surface area (Å²) in [5.41, 5.74) is 5.36. The number of nitrogens with two attached hydrogens (primary N) is 1. The molecule has 90 valence electrons. The highest BCUT2D eigenvalue weighted by Gasteiger charge is 2.17. The second kappa shape index (κ2) is 5.86. The zero-order valence-corrected chi connectivity index (χ0v) is 8.97. The van der Waals surface area contributed by atoms with Crippen LogP contribution in [-0.4, -0.2) is 13.7 Å². The quantitative estimate of drug-likeness (QED) is 0.793. The highest BCUT2D eigenvalue weighted by Crippen LogP contribution is 2.23. The van der Waals surface area contributed by atoms with E-state index in [2.05, 4.69) is 0 Å². The molecule has 16 heavy (non-hydrogen) atoms. The average Bonchev–Trinajstić information content (AvgIpc) is 2.16. The molecule has 1 atom stereocenters. The summed E-state index contributed by atoms with van der Waals surface area (Å²) in [5.74, 6) is -2.83. The Morgan fingerprint density at radius 3 is 2.31 bits per heavy atom. The molecule has 0 amide bonds. The van der Waals surface area contributed by atoms with Crippen molar-refractivity contribution in [2.75, 3.05) is 13.7 Å². The van der Waals surface area contributed by atoms with Crippen LogP contribution >= 0.6 is 0 Å². The van der Waals surface area contributed by atoms with Gasteiger partial charge in [-0.25, -0.2) is 13.2 Å². The minimum Gasteiger partial charge on any atom is -0.385 e. The highest BCUT2D eigenvalue weighted by atomic mass is 19.1. The molecule has 0 bridgehead atoms. The molecule has 2 nitrogen and oxygen atoms in total. The summed E-state index contributed by atoms with van der Waals surface area (Å²) in [5, 5.41) is 0. The molecule has 0 aliphatic heterocycles. The lowest BCUT2D eigenvalue weighted by Crippen LogP contribution is -2.15. The van der Waals surface area contributed by atoms with Gasteiger partial charge < -0.3 is 10.5 Å². The van der Waals surface area contributed by atoms with E-state index in [1.807, 2.05) is 0 Å². The van der Waals surface area contributed by atoms with Gasteiger partial charge in [-0.1, -0.05) is 0 Å². The third kappa shape index (κ3) is 3.21. The van der Waals surface area contributed by atoms with Crippen molar-refractivity contribution in [3.8, 4) is 0 Å². The molecule has 0 saturated heterocycles. The normalized spacial score (nSPS) is 12.8. The van der Waals surface area contributed by atoms with Gasteiger partial charge in [-0.15, -0.1) is 0 Å². The molecule has 0 fully saturated rings. The zero-order valence-electron chi connectivity index (χ0n) is 8.97. The maximum atomic E-state index is 13.3. The number of methoxy groups -OCH3 is 1. The van der Waals surface area contributed by atoms with Crippen LogP contribution < -0.4 is 5.73 Å². The molecule has 1 aromatic rings. The molecule has 0 aromatic heterocycles. The summed E-state index contributed by atoms with van der Waals surface area (Å²) < 4.78 is 44.0. The smallest absolute Gasteiger partial charge is 0.133 e. The largest absolute Gasteiger partial charge is 0.385 e. The van der Waals surface area contributed by atoms with Crippen LogP contribution in [0, 0.1) is 17.5 Å². The van der Waals surface area contributed by atoms with Crippen molar-refractivity contribution >= 4 is 0 Å². The SMILES string of the molecule is COCCCC(N)c1c(F)cc(F)cc1F. The van der Waals surface area contributed by atoms with Crippen LogP contribution in [0.1, 0.15) is 24.4 Å². The third-order valence-corrected chi connectivity index (χ3v) is 2.28. The van der Waals surface area contributed by atoms with E-state index in [0.29, 0.717) is 31.6 Å². The van der Waals surface area contributed by atoms with E-state index >= 15 is 0 Å². The average molecular weight is 233 g/mol. The second-order valence-electron chi connectivity index (χ2n) is 3.52. The van der Waals surface area contributed by atoms with E-state index in [-0.39, 0.29) is 5.56 Å². The van der Waals surface area contributed by atoms with Crippen LogP contribution in [0.4, 0.5) is 13.2 Å². The second-order valence-corrected chi connectivity index (χ2v) is 3.52. The Morgan fingerprint density at radius 2 is 1.81 bits per heavy atom. The maximum Gasteiger partial charge on any atom is 0.133 e. The molecule has 0 aliphatic rings. The summed E-state index contributed by atoms with van der Waals surface area (Å²) in [6.07, 6.45) is 0.973. The van der Waals surface area contributed by atoms with Crippen LogP contribution in [0.25, 0.3) is 0 Å². The van der Waals surface area contributed by atoms with E-state index in [1.54, 1.807) is 0 Å². The first-order valence-corrected chi connectivity index (χ1v) is 4.95. The summed E-state index contributed by atoms with van der Waals surface area (Å²) in [7, 11) is 1.53. The van der Waals surface area contributed by atoms with Crippen LogP contribution in [0.15, 0.2) is 12.1 Å². The van der Waals surface area contributed by atoms with Crippen molar-refractivity contribution in [3.63, 3.8) is 0 Å². The topological polar surface area (TPSA) is 35.2 Å². The molecule has 1 aromatic carbocycles. The molecule has 2 N–H and O–H groups in total. The van der Waals surface area contributed by atoms with Crippen molar-refractivity contribution < 1.29 is 17.9 Å². The molecular formula is C11H14F3NO. The molecular weight excluding hydrogens is 219 g/mol. The molecule has 5 heteroatoms. The number of hydrogen-bond acceptors (Lipinski definition) is 2. The van der Waals surface area contributed by atoms with Crippen LogP contribution in [0.3, 0.4) is 0 Å². The standard InChI is InChI=1S/C11H14F3NO/c1-16-4-2-3-10(15)11-8(13)5-7(12)6-9(11)14/h5-6,10H,2-4,15H2,1H3. The molecule has 0 saturated carbocycles. The maximum absolute atomic E-state index is 13.3. The van der Waals surface area contributed by atoms with Crippen molar-refractivity contribution in [1.29, 1.82) is 0 Å². The van der Waals surface area contributed by atoms with Gasteiger partial charge in [-0.3, -0.25) is 0 Å². The zero-order chi connectivity index (χ0) is 12.1. The number of rotatable bonds is 5. The third-order valence-electron chi connectivity index (χ3n) is 2.28. The first-order chi connectivity index (χ1) is 7.56. The summed E-state index contributed by atoms with van der Waals surface area (Å²) >= 11 is 0. The molecule has 0 radical (unpaired) electrons. The van der Waals surface area contributed by atoms with E-state index < -0.39 is 23.5 Å². The van der Waals surface area contributed by atoms with Crippen molar-refractivity contribution in [2.45, 2.75) is 18.9 Å². The Bertz CT molecular complexity index is 334. The highest BCUT2D eigenvalue weighted by molar-refractivity contribution is 5.23. The lowest BCUT2D eigenvalue weighted by Gasteiger charge is -2.13. The molecule has 0 aliphatic carbocycles. The molecule has 1 unspecified atom stereocenters. The lowest BCUT2D eigenvalue weighted by atomic mass is 10.0. The summed E-state index contributed by atoms with van der Waals surface area (Å²) in [6.45, 7) is 0.470. The van der Waals surface area contributed by atoms with E-state index in [1.165, 1.54) is 7.11 Å². The van der Waals surface area contributed by atoms with Crippen molar-refractivity contribution in [3.05, 3.63) is 35.1 Å². The van der Waals surface area contributed by atoms with E-state index in [9.17, 15) is 13.2 Å². The van der Waals surface area contributed by atoms with Crippen LogP contribution in [0.2, 0.25) is 0 Å². The number of ether oxygens (including phenoxy) is 1. The minimum absolute atomic E-state index is 0.266. The predicted molar refractivity (Wildman–Crippen MR) is 54.4 cm³/mol. The Balaban J connectivity index is 2.78. The summed E-state index contributed by atoms with van der Waals surface area (Å²) in [6, 6.07) is 0.485. The Kier molecular flexibility index (Phi) is 4.76. The van der Waals surface area contributed by atoms with E-state index in [0.717, 1.165) is 0 Å². The molecule has 1 rings (SSSR count). The summed E-state index contributed by atoms with van der Waals surface area (Å²) in [4.78, 5) is 0. The Hall–Kier alpha value is -1.07. The fourth-order valence-electron chi connectivity index (χ4n) is 1.50. The monoisotopic (exact) mass is 233 g/mol. The van der Waals surface area contributed by atoms with Gasteiger partial charge in [0.15, 0.2) is 0 Å². The van der Waals surface area contributed by atoms with Gasteiger partial charge in [0, 0.05) is 37.5 Å². The molecule has 0 heterocycles.